The van der Waals surface area contributed by atoms with Crippen LogP contribution in [0.3, 0.4) is 0 Å². The van der Waals surface area contributed by atoms with Crippen molar-refractivity contribution in [2.24, 2.45) is 11.8 Å². The van der Waals surface area contributed by atoms with Crippen LogP contribution in [0.2, 0.25) is 0 Å². The van der Waals surface area contributed by atoms with Gasteiger partial charge in [0.05, 0.1) is 0 Å². The van der Waals surface area contributed by atoms with E-state index in [-0.39, 0.29) is 12.1 Å². The summed E-state index contributed by atoms with van der Waals surface area (Å²) in [5, 5.41) is 0. The molecular formula is C16H34NO2S-. The Bertz CT molecular complexity index is 253. The summed E-state index contributed by atoms with van der Waals surface area (Å²) in [5.74, 6) is 0.844. The second-order valence-corrected chi connectivity index (χ2v) is 6.92. The summed E-state index contributed by atoms with van der Waals surface area (Å²) < 4.78 is 25.5. The van der Waals surface area contributed by atoms with Crippen LogP contribution in [-0.2, 0) is 11.3 Å². The van der Waals surface area contributed by atoms with Gasteiger partial charge in [0.1, 0.15) is 0 Å². The maximum atomic E-state index is 11.8. The monoisotopic (exact) mass is 304 g/mol. The summed E-state index contributed by atoms with van der Waals surface area (Å²) in [4.78, 5) is 0. The van der Waals surface area contributed by atoms with Crippen molar-refractivity contribution >= 4 is 11.3 Å². The first kappa shape index (κ1) is 20.1. The first-order valence-corrected chi connectivity index (χ1v) is 9.35. The topological polar surface area (TPSA) is 43.4 Å². The molecule has 20 heavy (non-hydrogen) atoms. The van der Waals surface area contributed by atoms with Gasteiger partial charge in [-0.25, -0.2) is 4.31 Å². The zero-order chi connectivity index (χ0) is 15.7. The third-order valence-corrected chi connectivity index (χ3v) is 5.35. The van der Waals surface area contributed by atoms with Crippen LogP contribution < -0.4 is 0 Å². The lowest BCUT2D eigenvalue weighted by molar-refractivity contribution is 0.136. The Labute approximate surface area is 128 Å². The highest BCUT2D eigenvalue weighted by atomic mass is 32.2. The number of nitrogens with zero attached hydrogens (tertiary/aromatic N) is 1. The third-order valence-electron chi connectivity index (χ3n) is 4.46. The molecule has 5 unspecified atom stereocenters. The van der Waals surface area contributed by atoms with Crippen LogP contribution in [0, 0.1) is 11.8 Å². The zero-order valence-electron chi connectivity index (χ0n) is 14.2. The van der Waals surface area contributed by atoms with Crippen molar-refractivity contribution < 1.29 is 8.76 Å². The van der Waals surface area contributed by atoms with Crippen molar-refractivity contribution in [1.82, 2.24) is 4.31 Å². The predicted molar refractivity (Wildman–Crippen MR) is 87.1 cm³/mol. The summed E-state index contributed by atoms with van der Waals surface area (Å²) in [6.45, 7) is 12.9. The average molecular weight is 305 g/mol. The molecule has 0 radical (unpaired) electrons. The summed E-state index contributed by atoms with van der Waals surface area (Å²) >= 11 is -2.13. The van der Waals surface area contributed by atoms with E-state index < -0.39 is 11.3 Å². The quantitative estimate of drug-likeness (QED) is 0.527. The van der Waals surface area contributed by atoms with Crippen molar-refractivity contribution in [3.8, 4) is 0 Å². The fourth-order valence-corrected chi connectivity index (χ4v) is 4.58. The van der Waals surface area contributed by atoms with Crippen LogP contribution in [-0.4, -0.2) is 25.2 Å². The van der Waals surface area contributed by atoms with E-state index in [0.717, 1.165) is 38.5 Å². The van der Waals surface area contributed by atoms with E-state index >= 15 is 0 Å². The normalized spacial score (nSPS) is 19.6. The van der Waals surface area contributed by atoms with Gasteiger partial charge in [0.2, 0.25) is 0 Å². The maximum Gasteiger partial charge on any atom is 0.0241 e. The molecule has 0 rings (SSSR count). The fraction of sp³-hybridized carbons (Fsp3) is 1.00. The smallest absolute Gasteiger partial charge is 0.0241 e. The van der Waals surface area contributed by atoms with Gasteiger partial charge >= 0.3 is 0 Å². The average Bonchev–Trinajstić information content (AvgIpc) is 2.39. The first-order valence-electron chi connectivity index (χ1n) is 8.32. The van der Waals surface area contributed by atoms with E-state index in [1.54, 1.807) is 4.31 Å². The molecular weight excluding hydrogens is 270 g/mol. The fourth-order valence-electron chi connectivity index (χ4n) is 3.43. The molecule has 5 atom stereocenters. The van der Waals surface area contributed by atoms with Gasteiger partial charge in [0.15, 0.2) is 0 Å². The summed E-state index contributed by atoms with van der Waals surface area (Å²) in [6.07, 6.45) is 6.18. The van der Waals surface area contributed by atoms with Crippen molar-refractivity contribution in [3.05, 3.63) is 0 Å². The number of hydrogen-bond donors (Lipinski definition) is 0. The van der Waals surface area contributed by atoms with Gasteiger partial charge < -0.3 is 4.55 Å². The molecule has 122 valence electrons. The SMILES string of the molecule is CCCC(C)C(CC)N(C(CC)C(C)CCC)S(=O)[O-]. The summed E-state index contributed by atoms with van der Waals surface area (Å²) in [7, 11) is 0. The van der Waals surface area contributed by atoms with Crippen LogP contribution in [0.5, 0.6) is 0 Å². The van der Waals surface area contributed by atoms with E-state index in [1.165, 1.54) is 0 Å². The van der Waals surface area contributed by atoms with E-state index in [0.29, 0.717) is 11.8 Å². The summed E-state index contributed by atoms with van der Waals surface area (Å²) in [5.41, 5.74) is 0. The lowest BCUT2D eigenvalue weighted by Crippen LogP contribution is -2.49. The zero-order valence-corrected chi connectivity index (χ0v) is 15.0. The molecule has 0 aliphatic carbocycles. The molecule has 0 fully saturated rings. The molecule has 0 aromatic heterocycles. The van der Waals surface area contributed by atoms with Crippen molar-refractivity contribution in [2.75, 3.05) is 0 Å². The molecule has 0 saturated heterocycles. The minimum Gasteiger partial charge on any atom is -0.760 e. The Morgan fingerprint density at radius 2 is 1.25 bits per heavy atom. The highest BCUT2D eigenvalue weighted by Gasteiger charge is 2.31. The van der Waals surface area contributed by atoms with E-state index in [9.17, 15) is 8.76 Å². The van der Waals surface area contributed by atoms with Gasteiger partial charge in [0.25, 0.3) is 0 Å². The molecule has 0 aromatic rings. The lowest BCUT2D eigenvalue weighted by atomic mass is 9.89. The maximum absolute atomic E-state index is 11.8. The van der Waals surface area contributed by atoms with E-state index in [1.807, 2.05) is 0 Å². The van der Waals surface area contributed by atoms with Gasteiger partial charge in [-0.3, -0.25) is 4.21 Å². The second-order valence-electron chi connectivity index (χ2n) is 6.06. The Morgan fingerprint density at radius 3 is 1.45 bits per heavy atom. The molecule has 0 aromatic carbocycles. The molecule has 0 saturated carbocycles. The molecule has 4 heteroatoms. The standard InChI is InChI=1S/C16H35NO2S/c1-7-11-13(5)15(9-3)17(20(18)19)16(10-4)14(6)12-8-2/h13-16H,7-12H2,1-6H3,(H,18,19)/p-1. The first-order chi connectivity index (χ1) is 9.44. The van der Waals surface area contributed by atoms with E-state index in [2.05, 4.69) is 41.5 Å². The van der Waals surface area contributed by atoms with Gasteiger partial charge in [-0.05, 0) is 37.5 Å². The van der Waals surface area contributed by atoms with E-state index in [4.69, 9.17) is 0 Å². The highest BCUT2D eigenvalue weighted by Crippen LogP contribution is 2.28. The molecule has 0 amide bonds. The minimum atomic E-state index is -2.13. The number of hydrogen-bond acceptors (Lipinski definition) is 2. The molecule has 0 N–H and O–H groups in total. The highest BCUT2D eigenvalue weighted by molar-refractivity contribution is 7.76. The molecule has 0 aliphatic rings. The third kappa shape index (κ3) is 5.82. The largest absolute Gasteiger partial charge is 0.760 e. The lowest BCUT2D eigenvalue weighted by Gasteiger charge is -2.43. The van der Waals surface area contributed by atoms with Gasteiger partial charge in [-0.15, -0.1) is 0 Å². The Kier molecular flexibility index (Phi) is 10.8. The van der Waals surface area contributed by atoms with Crippen LogP contribution in [0.4, 0.5) is 0 Å². The van der Waals surface area contributed by atoms with Crippen molar-refractivity contribution in [2.45, 2.75) is 92.2 Å². The van der Waals surface area contributed by atoms with Gasteiger partial charge in [-0.2, -0.15) is 0 Å². The predicted octanol–water partition coefficient (Wildman–Crippen LogP) is 4.51. The molecule has 0 spiro atoms. The second kappa shape index (κ2) is 10.7. The molecule has 3 nitrogen and oxygen atoms in total. The number of rotatable bonds is 11. The Balaban J connectivity index is 5.19. The van der Waals surface area contributed by atoms with Crippen molar-refractivity contribution in [1.29, 1.82) is 0 Å². The van der Waals surface area contributed by atoms with Crippen LogP contribution >= 0.6 is 0 Å². The van der Waals surface area contributed by atoms with Crippen LogP contribution in [0.25, 0.3) is 0 Å². The Hall–Kier alpha value is 0.0700. The minimum absolute atomic E-state index is 0.137. The summed E-state index contributed by atoms with van der Waals surface area (Å²) in [6, 6.07) is 0.273. The van der Waals surface area contributed by atoms with Crippen molar-refractivity contribution in [3.63, 3.8) is 0 Å². The van der Waals surface area contributed by atoms with Crippen LogP contribution in [0.15, 0.2) is 0 Å². The molecule has 0 bridgehead atoms. The van der Waals surface area contributed by atoms with Gasteiger partial charge in [0, 0.05) is 23.4 Å². The Morgan fingerprint density at radius 1 is 0.900 bits per heavy atom. The molecule has 0 heterocycles. The molecule has 0 aliphatic heterocycles. The van der Waals surface area contributed by atoms with Gasteiger partial charge in [-0.1, -0.05) is 54.4 Å². The van der Waals surface area contributed by atoms with Crippen LogP contribution in [0.1, 0.15) is 80.1 Å².